The second kappa shape index (κ2) is 9.72. The van der Waals surface area contributed by atoms with Crippen LogP contribution in [0.2, 0.25) is 0 Å². The van der Waals surface area contributed by atoms with Gasteiger partial charge in [0, 0.05) is 17.5 Å². The summed E-state index contributed by atoms with van der Waals surface area (Å²) in [4.78, 5) is 1.21. The van der Waals surface area contributed by atoms with Crippen LogP contribution in [0.15, 0.2) is 35.7 Å². The minimum Gasteiger partial charge on any atom is -0.493 e. The van der Waals surface area contributed by atoms with Crippen LogP contribution in [0.1, 0.15) is 30.7 Å². The van der Waals surface area contributed by atoms with Crippen molar-refractivity contribution < 1.29 is 9.47 Å². The summed E-state index contributed by atoms with van der Waals surface area (Å²) in [6.07, 6.45) is 1.12. The topological polar surface area (TPSA) is 30.5 Å². The van der Waals surface area contributed by atoms with E-state index in [4.69, 9.17) is 9.47 Å². The lowest BCUT2D eigenvalue weighted by Crippen LogP contribution is -2.24. The fraction of sp³-hybridized carbons (Fsp3) is 0.412. The first-order chi connectivity index (χ1) is 10.2. The first kappa shape index (κ1) is 18.8. The molecule has 0 saturated carbocycles. The number of rotatable bonds is 8. The third-order valence-electron chi connectivity index (χ3n) is 3.45. The number of thiophene rings is 1. The normalized spacial score (nSPS) is 11.6. The minimum atomic E-state index is 0. The van der Waals surface area contributed by atoms with Crippen molar-refractivity contribution in [3.05, 3.63) is 46.2 Å². The molecule has 2 rings (SSSR count). The van der Waals surface area contributed by atoms with Crippen LogP contribution in [-0.2, 0) is 13.2 Å². The van der Waals surface area contributed by atoms with E-state index in [-0.39, 0.29) is 12.4 Å². The van der Waals surface area contributed by atoms with Crippen LogP contribution in [-0.4, -0.2) is 13.2 Å². The molecule has 0 aliphatic carbocycles. The largest absolute Gasteiger partial charge is 0.493 e. The summed E-state index contributed by atoms with van der Waals surface area (Å²) < 4.78 is 11.3. The van der Waals surface area contributed by atoms with Gasteiger partial charge in [0.2, 0.25) is 0 Å². The molecule has 5 heteroatoms. The zero-order valence-corrected chi connectivity index (χ0v) is 14.9. The molecule has 1 heterocycles. The average molecular weight is 342 g/mol. The van der Waals surface area contributed by atoms with E-state index < -0.39 is 0 Å². The van der Waals surface area contributed by atoms with Gasteiger partial charge in [-0.05, 0) is 42.5 Å². The van der Waals surface area contributed by atoms with Gasteiger partial charge in [0.1, 0.15) is 6.61 Å². The summed E-state index contributed by atoms with van der Waals surface area (Å²) in [6, 6.07) is 10.7. The molecule has 0 aliphatic heterocycles. The summed E-state index contributed by atoms with van der Waals surface area (Å²) in [5, 5.41) is 5.53. The maximum absolute atomic E-state index is 5.84. The highest BCUT2D eigenvalue weighted by Gasteiger charge is 2.07. The van der Waals surface area contributed by atoms with Gasteiger partial charge < -0.3 is 14.8 Å². The SMILES string of the molecule is CCC(C)NCc1ccc(OCc2cccs2)c(OC)c1.Cl. The van der Waals surface area contributed by atoms with Gasteiger partial charge in [-0.2, -0.15) is 0 Å². The number of halogens is 1. The number of hydrogen-bond donors (Lipinski definition) is 1. The van der Waals surface area contributed by atoms with E-state index >= 15 is 0 Å². The minimum absolute atomic E-state index is 0. The molecule has 122 valence electrons. The molecule has 1 atom stereocenters. The van der Waals surface area contributed by atoms with Crippen LogP contribution in [0.3, 0.4) is 0 Å². The van der Waals surface area contributed by atoms with Crippen molar-refractivity contribution in [2.75, 3.05) is 7.11 Å². The van der Waals surface area contributed by atoms with Gasteiger partial charge in [-0.3, -0.25) is 0 Å². The maximum atomic E-state index is 5.84. The Balaban J connectivity index is 0.00000242. The monoisotopic (exact) mass is 341 g/mol. The predicted octanol–water partition coefficient (Wildman–Crippen LogP) is 4.65. The van der Waals surface area contributed by atoms with Gasteiger partial charge in [0.15, 0.2) is 11.5 Å². The Morgan fingerprint density at radius 1 is 1.23 bits per heavy atom. The average Bonchev–Trinajstić information content (AvgIpc) is 3.04. The number of ether oxygens (including phenoxy) is 2. The summed E-state index contributed by atoms with van der Waals surface area (Å²) in [5.41, 5.74) is 1.20. The van der Waals surface area contributed by atoms with Crippen LogP contribution in [0, 0.1) is 0 Å². The van der Waals surface area contributed by atoms with Gasteiger partial charge in [-0.15, -0.1) is 23.7 Å². The van der Waals surface area contributed by atoms with Gasteiger partial charge >= 0.3 is 0 Å². The lowest BCUT2D eigenvalue weighted by atomic mass is 10.1. The molecule has 0 fully saturated rings. The van der Waals surface area contributed by atoms with Crippen LogP contribution in [0.25, 0.3) is 0 Å². The second-order valence-electron chi connectivity index (χ2n) is 5.04. The summed E-state index contributed by atoms with van der Waals surface area (Å²) >= 11 is 1.70. The van der Waals surface area contributed by atoms with Crippen molar-refractivity contribution >= 4 is 23.7 Å². The number of benzene rings is 1. The molecule has 3 nitrogen and oxygen atoms in total. The molecule has 0 amide bonds. The number of nitrogens with one attached hydrogen (secondary N) is 1. The van der Waals surface area contributed by atoms with Gasteiger partial charge in [-0.25, -0.2) is 0 Å². The Kier molecular flexibility index (Phi) is 8.31. The van der Waals surface area contributed by atoms with Gasteiger partial charge in [0.05, 0.1) is 7.11 Å². The van der Waals surface area contributed by atoms with Gasteiger partial charge in [-0.1, -0.05) is 19.1 Å². The Morgan fingerprint density at radius 2 is 2.05 bits per heavy atom. The lowest BCUT2D eigenvalue weighted by molar-refractivity contribution is 0.287. The van der Waals surface area contributed by atoms with E-state index in [1.54, 1.807) is 18.4 Å². The van der Waals surface area contributed by atoms with E-state index in [0.717, 1.165) is 24.5 Å². The van der Waals surface area contributed by atoms with Crippen molar-refractivity contribution in [3.8, 4) is 11.5 Å². The molecule has 1 unspecified atom stereocenters. The summed E-state index contributed by atoms with van der Waals surface area (Å²) in [6.45, 7) is 5.80. The third kappa shape index (κ3) is 5.52. The van der Waals surface area contributed by atoms with Gasteiger partial charge in [0.25, 0.3) is 0 Å². The highest BCUT2D eigenvalue weighted by atomic mass is 35.5. The molecule has 0 radical (unpaired) electrons. The summed E-state index contributed by atoms with van der Waals surface area (Å²) in [5.74, 6) is 1.58. The molecule has 22 heavy (non-hydrogen) atoms. The maximum Gasteiger partial charge on any atom is 0.161 e. The molecular formula is C17H24ClNO2S. The molecule has 1 aromatic carbocycles. The van der Waals surface area contributed by atoms with Crippen molar-refractivity contribution in [1.29, 1.82) is 0 Å². The van der Waals surface area contributed by atoms with Crippen molar-refractivity contribution in [2.24, 2.45) is 0 Å². The Hall–Kier alpha value is -1.23. The zero-order chi connectivity index (χ0) is 15.1. The Bertz CT molecular complexity index is 546. The molecule has 0 saturated heterocycles. The van der Waals surface area contributed by atoms with Crippen LogP contribution in [0.4, 0.5) is 0 Å². The molecule has 1 aromatic heterocycles. The van der Waals surface area contributed by atoms with Crippen molar-refractivity contribution in [2.45, 2.75) is 39.5 Å². The van der Waals surface area contributed by atoms with Crippen molar-refractivity contribution in [3.63, 3.8) is 0 Å². The molecule has 1 N–H and O–H groups in total. The van der Waals surface area contributed by atoms with Crippen molar-refractivity contribution in [1.82, 2.24) is 5.32 Å². The fourth-order valence-electron chi connectivity index (χ4n) is 1.92. The quantitative estimate of drug-likeness (QED) is 0.758. The highest BCUT2D eigenvalue weighted by molar-refractivity contribution is 7.09. The van der Waals surface area contributed by atoms with Crippen LogP contribution in [0.5, 0.6) is 11.5 Å². The Labute approximate surface area is 143 Å². The fourth-order valence-corrected chi connectivity index (χ4v) is 2.54. The standard InChI is InChI=1S/C17H23NO2S.ClH/c1-4-13(2)18-11-14-7-8-16(17(10-14)19-3)20-12-15-6-5-9-21-15;/h5-10,13,18H,4,11-12H2,1-3H3;1H. The van der Waals surface area contributed by atoms with E-state index in [2.05, 4.69) is 36.7 Å². The first-order valence-corrected chi connectivity index (χ1v) is 8.16. The molecule has 2 aromatic rings. The Morgan fingerprint density at radius 3 is 2.68 bits per heavy atom. The summed E-state index contributed by atoms with van der Waals surface area (Å²) in [7, 11) is 1.68. The van der Waals surface area contributed by atoms with E-state index in [1.807, 2.05) is 18.2 Å². The number of hydrogen-bond acceptors (Lipinski definition) is 4. The molecular weight excluding hydrogens is 318 g/mol. The zero-order valence-electron chi connectivity index (χ0n) is 13.3. The first-order valence-electron chi connectivity index (χ1n) is 7.28. The predicted molar refractivity (Wildman–Crippen MR) is 95.5 cm³/mol. The van der Waals surface area contributed by atoms with E-state index in [1.165, 1.54) is 10.4 Å². The van der Waals surface area contributed by atoms with E-state index in [9.17, 15) is 0 Å². The third-order valence-corrected chi connectivity index (χ3v) is 4.29. The number of methoxy groups -OCH3 is 1. The highest BCUT2D eigenvalue weighted by Crippen LogP contribution is 2.29. The van der Waals surface area contributed by atoms with Crippen LogP contribution >= 0.6 is 23.7 Å². The molecule has 0 bridgehead atoms. The molecule has 0 aliphatic rings. The smallest absolute Gasteiger partial charge is 0.161 e. The molecule has 0 spiro atoms. The second-order valence-corrected chi connectivity index (χ2v) is 6.08. The van der Waals surface area contributed by atoms with Crippen LogP contribution < -0.4 is 14.8 Å². The van der Waals surface area contributed by atoms with E-state index in [0.29, 0.717) is 12.6 Å². The lowest BCUT2D eigenvalue weighted by Gasteiger charge is -2.14.